The van der Waals surface area contributed by atoms with Gasteiger partial charge in [-0.1, -0.05) is 0 Å². The van der Waals surface area contributed by atoms with E-state index in [0.717, 1.165) is 4.90 Å². The van der Waals surface area contributed by atoms with Crippen molar-refractivity contribution in [2.75, 3.05) is 13.1 Å². The fourth-order valence-corrected chi connectivity index (χ4v) is 1.80. The highest BCUT2D eigenvalue weighted by Crippen LogP contribution is 2.40. The molecule has 2 aliphatic rings. The Kier molecular flexibility index (Phi) is 2.05. The Morgan fingerprint density at radius 2 is 2.00 bits per heavy atom. The number of carbonyl (C=O) groups is 1. The zero-order valence-corrected chi connectivity index (χ0v) is 8.34. The Hall–Kier alpha value is -0.780. The molecule has 3 atom stereocenters. The van der Waals surface area contributed by atoms with Crippen molar-refractivity contribution < 1.29 is 18.0 Å². The molecule has 1 saturated heterocycles. The number of hydrogen-bond acceptors (Lipinski definition) is 2. The molecule has 15 heavy (non-hydrogen) atoms. The minimum Gasteiger partial charge on any atom is -0.334 e. The fourth-order valence-electron chi connectivity index (χ4n) is 1.80. The molecule has 1 saturated carbocycles. The first kappa shape index (κ1) is 10.7. The van der Waals surface area contributed by atoms with Crippen LogP contribution in [0, 0.1) is 5.92 Å². The van der Waals surface area contributed by atoms with Crippen LogP contribution in [0.4, 0.5) is 13.2 Å². The molecule has 2 N–H and O–H groups in total. The van der Waals surface area contributed by atoms with Gasteiger partial charge < -0.3 is 10.6 Å². The van der Waals surface area contributed by atoms with Crippen LogP contribution in [0.25, 0.3) is 0 Å². The number of likely N-dealkylation sites (tertiary alicyclic amines) is 1. The van der Waals surface area contributed by atoms with Crippen LogP contribution in [0.2, 0.25) is 0 Å². The number of rotatable bonds is 1. The average Bonchev–Trinajstić information content (AvgIpc) is 2.73. The van der Waals surface area contributed by atoms with Crippen molar-refractivity contribution in [3.63, 3.8) is 0 Å². The van der Waals surface area contributed by atoms with Crippen LogP contribution < -0.4 is 5.73 Å². The van der Waals surface area contributed by atoms with E-state index in [2.05, 4.69) is 0 Å². The summed E-state index contributed by atoms with van der Waals surface area (Å²) in [7, 11) is 0. The Labute approximate surface area is 85.4 Å². The minimum atomic E-state index is -3.09. The predicted octanol–water partition coefficient (Wildman–Crippen LogP) is 0.539. The third kappa shape index (κ3) is 1.60. The van der Waals surface area contributed by atoms with E-state index in [-0.39, 0.29) is 13.0 Å². The van der Waals surface area contributed by atoms with Crippen molar-refractivity contribution in [2.45, 2.75) is 31.0 Å². The Morgan fingerprint density at radius 1 is 1.47 bits per heavy atom. The molecule has 1 aliphatic carbocycles. The summed E-state index contributed by atoms with van der Waals surface area (Å²) in [6.45, 7) is 0.310. The van der Waals surface area contributed by atoms with E-state index in [4.69, 9.17) is 5.73 Å². The zero-order chi connectivity index (χ0) is 11.4. The Bertz CT molecular complexity index is 290. The van der Waals surface area contributed by atoms with Gasteiger partial charge in [-0.3, -0.25) is 4.79 Å². The fraction of sp³-hybridized carbons (Fsp3) is 0.889. The summed E-state index contributed by atoms with van der Waals surface area (Å²) >= 11 is 0. The van der Waals surface area contributed by atoms with E-state index in [0.29, 0.717) is 0 Å². The summed E-state index contributed by atoms with van der Waals surface area (Å²) in [5.74, 6) is -4.34. The number of alkyl halides is 3. The van der Waals surface area contributed by atoms with Gasteiger partial charge in [-0.15, -0.1) is 0 Å². The van der Waals surface area contributed by atoms with Gasteiger partial charge in [0, 0.05) is 6.54 Å². The normalized spacial score (nSPS) is 43.1. The molecule has 2 fully saturated rings. The molecule has 0 aromatic carbocycles. The number of amides is 1. The van der Waals surface area contributed by atoms with Gasteiger partial charge in [0.15, 0.2) is 0 Å². The zero-order valence-electron chi connectivity index (χ0n) is 8.34. The highest BCUT2D eigenvalue weighted by molar-refractivity contribution is 5.82. The third-order valence-electron chi connectivity index (χ3n) is 3.09. The average molecular weight is 222 g/mol. The number of halogens is 3. The van der Waals surface area contributed by atoms with Crippen molar-refractivity contribution in [3.05, 3.63) is 0 Å². The minimum absolute atomic E-state index is 0.155. The number of hydrogen-bond donors (Lipinski definition) is 1. The molecular weight excluding hydrogens is 209 g/mol. The highest BCUT2D eigenvalue weighted by Gasteiger charge is 2.58. The van der Waals surface area contributed by atoms with E-state index in [9.17, 15) is 18.0 Å². The summed E-state index contributed by atoms with van der Waals surface area (Å²) in [5, 5.41) is 0. The first-order valence-electron chi connectivity index (χ1n) is 4.84. The smallest absolute Gasteiger partial charge is 0.284 e. The van der Waals surface area contributed by atoms with E-state index >= 15 is 0 Å². The molecule has 1 amide bonds. The predicted molar refractivity (Wildman–Crippen MR) is 47.1 cm³/mol. The first-order chi connectivity index (χ1) is 6.74. The quantitative estimate of drug-likeness (QED) is 0.703. The molecule has 1 aliphatic heterocycles. The van der Waals surface area contributed by atoms with E-state index < -0.39 is 36.0 Å². The summed E-state index contributed by atoms with van der Waals surface area (Å²) in [4.78, 5) is 12.5. The second-order valence-corrected chi connectivity index (χ2v) is 4.67. The lowest BCUT2D eigenvalue weighted by Crippen LogP contribution is -2.52. The molecule has 6 heteroatoms. The standard InChI is InChI=1S/C9H13F3N2O/c1-8(13)3-14(4-9(8,11)12)7(15)5-2-6(5)10/h5-6H,2-4,13H2,1H3/t5-,6+,8?/m1/s1. The lowest BCUT2D eigenvalue weighted by atomic mass is 10.00. The van der Waals surface area contributed by atoms with Crippen LogP contribution in [-0.4, -0.2) is 41.5 Å². The summed E-state index contributed by atoms with van der Waals surface area (Å²) in [5.41, 5.74) is 3.70. The van der Waals surface area contributed by atoms with Crippen LogP contribution in [0.15, 0.2) is 0 Å². The van der Waals surface area contributed by atoms with Crippen LogP contribution in [0.5, 0.6) is 0 Å². The molecule has 0 radical (unpaired) electrons. The maximum absolute atomic E-state index is 13.3. The molecule has 0 bridgehead atoms. The largest absolute Gasteiger partial charge is 0.334 e. The summed E-state index contributed by atoms with van der Waals surface area (Å²) in [6.07, 6.45) is -1.00. The second kappa shape index (κ2) is 2.87. The number of nitrogens with two attached hydrogens (primary N) is 1. The monoisotopic (exact) mass is 222 g/mol. The van der Waals surface area contributed by atoms with Crippen LogP contribution >= 0.6 is 0 Å². The van der Waals surface area contributed by atoms with Gasteiger partial charge in [0.05, 0.1) is 18.0 Å². The molecular formula is C9H13F3N2O. The maximum atomic E-state index is 13.3. The Morgan fingerprint density at radius 3 is 2.33 bits per heavy atom. The molecule has 1 unspecified atom stereocenters. The van der Waals surface area contributed by atoms with Crippen LogP contribution in [0.1, 0.15) is 13.3 Å². The lowest BCUT2D eigenvalue weighted by Gasteiger charge is -2.23. The van der Waals surface area contributed by atoms with Gasteiger partial charge in [0.25, 0.3) is 5.92 Å². The molecule has 2 rings (SSSR count). The number of carbonyl (C=O) groups excluding carboxylic acids is 1. The SMILES string of the molecule is CC1(N)CN(C(=O)[C@@H]2C[C@@H]2F)CC1(F)F. The molecule has 0 aromatic rings. The van der Waals surface area contributed by atoms with Gasteiger partial charge in [-0.25, -0.2) is 13.2 Å². The first-order valence-corrected chi connectivity index (χ1v) is 4.84. The van der Waals surface area contributed by atoms with Gasteiger partial charge in [-0.2, -0.15) is 0 Å². The maximum Gasteiger partial charge on any atom is 0.284 e. The molecule has 0 aromatic heterocycles. The summed E-state index contributed by atoms with van der Waals surface area (Å²) < 4.78 is 39.2. The molecule has 1 heterocycles. The topological polar surface area (TPSA) is 46.3 Å². The molecule has 0 spiro atoms. The highest BCUT2D eigenvalue weighted by atomic mass is 19.3. The van der Waals surface area contributed by atoms with Crippen molar-refractivity contribution >= 4 is 5.91 Å². The third-order valence-corrected chi connectivity index (χ3v) is 3.09. The van der Waals surface area contributed by atoms with Crippen molar-refractivity contribution in [3.8, 4) is 0 Å². The van der Waals surface area contributed by atoms with Gasteiger partial charge in [-0.05, 0) is 13.3 Å². The van der Waals surface area contributed by atoms with Gasteiger partial charge >= 0.3 is 0 Å². The van der Waals surface area contributed by atoms with Gasteiger partial charge in [0.2, 0.25) is 5.91 Å². The second-order valence-electron chi connectivity index (χ2n) is 4.67. The Balaban J connectivity index is 2.06. The molecule has 3 nitrogen and oxygen atoms in total. The molecule has 86 valence electrons. The van der Waals surface area contributed by atoms with Gasteiger partial charge in [0.1, 0.15) is 6.17 Å². The lowest BCUT2D eigenvalue weighted by molar-refractivity contribution is -0.133. The van der Waals surface area contributed by atoms with Crippen LogP contribution in [0.3, 0.4) is 0 Å². The van der Waals surface area contributed by atoms with Crippen LogP contribution in [-0.2, 0) is 4.79 Å². The number of nitrogens with zero attached hydrogens (tertiary/aromatic N) is 1. The van der Waals surface area contributed by atoms with E-state index in [1.165, 1.54) is 6.92 Å². The van der Waals surface area contributed by atoms with E-state index in [1.54, 1.807) is 0 Å². The van der Waals surface area contributed by atoms with Crippen molar-refractivity contribution in [1.82, 2.24) is 4.90 Å². The van der Waals surface area contributed by atoms with Crippen molar-refractivity contribution in [1.29, 1.82) is 0 Å². The van der Waals surface area contributed by atoms with E-state index in [1.807, 2.05) is 0 Å². The summed E-state index contributed by atoms with van der Waals surface area (Å²) in [6, 6.07) is 0. The van der Waals surface area contributed by atoms with Crippen molar-refractivity contribution in [2.24, 2.45) is 11.7 Å².